The lowest BCUT2D eigenvalue weighted by molar-refractivity contribution is 0.0676. The summed E-state index contributed by atoms with van der Waals surface area (Å²) < 4.78 is 5.24. The van der Waals surface area contributed by atoms with Crippen LogP contribution in [0.25, 0.3) is 0 Å². The first-order chi connectivity index (χ1) is 9.15. The Morgan fingerprint density at radius 1 is 1.16 bits per heavy atom. The molecule has 1 fully saturated rings. The molecule has 6 nitrogen and oxygen atoms in total. The molecule has 1 aliphatic heterocycles. The molecule has 0 aliphatic carbocycles. The van der Waals surface area contributed by atoms with Crippen molar-refractivity contribution in [3.05, 3.63) is 29.3 Å². The van der Waals surface area contributed by atoms with Crippen LogP contribution in [-0.2, 0) is 4.74 Å². The second kappa shape index (κ2) is 6.40. The largest absolute Gasteiger partial charge is 0.378 e. The molecule has 0 amide bonds. The Labute approximate surface area is 116 Å². The third-order valence-electron chi connectivity index (χ3n) is 2.63. The molecule has 0 bridgehead atoms. The summed E-state index contributed by atoms with van der Waals surface area (Å²) >= 11 is 5.79. The number of halogens is 1. The standard InChI is InChI=1S/C12H16ClN5O/c13-9-1-3-10(4-2-9)16-11(14)17-12(15)18-5-7-19-8-6-18/h1-4H,5-8H2,(H4,14,15,16,17). The number of nitrogens with two attached hydrogens (primary N) is 2. The summed E-state index contributed by atoms with van der Waals surface area (Å²) in [5, 5.41) is 0.647. The lowest BCUT2D eigenvalue weighted by Gasteiger charge is -2.27. The summed E-state index contributed by atoms with van der Waals surface area (Å²) in [5.41, 5.74) is 12.3. The molecular weight excluding hydrogens is 266 g/mol. The van der Waals surface area contributed by atoms with Gasteiger partial charge in [-0.15, -0.1) is 0 Å². The van der Waals surface area contributed by atoms with Gasteiger partial charge in [0.25, 0.3) is 0 Å². The van der Waals surface area contributed by atoms with E-state index < -0.39 is 0 Å². The number of benzene rings is 1. The lowest BCUT2D eigenvalue weighted by atomic mass is 10.3. The monoisotopic (exact) mass is 281 g/mol. The zero-order valence-corrected chi connectivity index (χ0v) is 11.2. The minimum Gasteiger partial charge on any atom is -0.378 e. The second-order valence-electron chi connectivity index (χ2n) is 4.02. The molecule has 1 aliphatic rings. The molecule has 0 saturated carbocycles. The molecular formula is C12H16ClN5O. The van der Waals surface area contributed by atoms with E-state index in [9.17, 15) is 0 Å². The highest BCUT2D eigenvalue weighted by Crippen LogP contribution is 2.16. The summed E-state index contributed by atoms with van der Waals surface area (Å²) in [4.78, 5) is 10.1. The topological polar surface area (TPSA) is 89.2 Å². The number of hydrogen-bond donors (Lipinski definition) is 2. The normalized spacial score (nSPS) is 17.6. The highest BCUT2D eigenvalue weighted by Gasteiger charge is 2.12. The number of guanidine groups is 2. The van der Waals surface area contributed by atoms with E-state index >= 15 is 0 Å². The summed E-state index contributed by atoms with van der Waals surface area (Å²) in [6.45, 7) is 2.71. The zero-order chi connectivity index (χ0) is 13.7. The predicted molar refractivity (Wildman–Crippen MR) is 76.7 cm³/mol. The van der Waals surface area contributed by atoms with Crippen LogP contribution >= 0.6 is 11.6 Å². The molecule has 2 rings (SSSR count). The van der Waals surface area contributed by atoms with Gasteiger partial charge in [0.2, 0.25) is 5.96 Å². The van der Waals surface area contributed by atoms with Crippen LogP contribution in [-0.4, -0.2) is 43.1 Å². The van der Waals surface area contributed by atoms with Crippen molar-refractivity contribution in [2.45, 2.75) is 0 Å². The summed E-state index contributed by atoms with van der Waals surface area (Å²) in [6, 6.07) is 7.00. The van der Waals surface area contributed by atoms with Crippen LogP contribution in [0.3, 0.4) is 0 Å². The third kappa shape index (κ3) is 4.11. The van der Waals surface area contributed by atoms with Crippen molar-refractivity contribution in [2.75, 3.05) is 26.3 Å². The molecule has 1 aromatic carbocycles. The fourth-order valence-electron chi connectivity index (χ4n) is 1.65. The van der Waals surface area contributed by atoms with Gasteiger partial charge in [-0.1, -0.05) is 11.6 Å². The Morgan fingerprint density at radius 2 is 1.79 bits per heavy atom. The number of ether oxygens (including phenoxy) is 1. The quantitative estimate of drug-likeness (QED) is 0.592. The van der Waals surface area contributed by atoms with Crippen LogP contribution in [0.2, 0.25) is 5.02 Å². The maximum atomic E-state index is 5.87. The average Bonchev–Trinajstić information content (AvgIpc) is 2.42. The Hall–Kier alpha value is -1.79. The minimum absolute atomic E-state index is 0.117. The lowest BCUT2D eigenvalue weighted by Crippen LogP contribution is -2.45. The van der Waals surface area contributed by atoms with Gasteiger partial charge in [0.15, 0.2) is 5.96 Å². The fourth-order valence-corrected chi connectivity index (χ4v) is 1.78. The first kappa shape index (κ1) is 13.6. The summed E-state index contributed by atoms with van der Waals surface area (Å²) in [6.07, 6.45) is 0. The average molecular weight is 282 g/mol. The Balaban J connectivity index is 2.05. The van der Waals surface area contributed by atoms with E-state index in [2.05, 4.69) is 9.98 Å². The van der Waals surface area contributed by atoms with E-state index in [0.717, 1.165) is 0 Å². The third-order valence-corrected chi connectivity index (χ3v) is 2.89. The Bertz CT molecular complexity index is 479. The van der Waals surface area contributed by atoms with Gasteiger partial charge in [-0.25, -0.2) is 4.99 Å². The zero-order valence-electron chi connectivity index (χ0n) is 10.4. The van der Waals surface area contributed by atoms with E-state index in [1.165, 1.54) is 0 Å². The van der Waals surface area contributed by atoms with Gasteiger partial charge in [-0.2, -0.15) is 4.99 Å². The minimum atomic E-state index is 0.117. The van der Waals surface area contributed by atoms with Gasteiger partial charge < -0.3 is 21.1 Å². The summed E-state index contributed by atoms with van der Waals surface area (Å²) in [7, 11) is 0. The first-order valence-corrected chi connectivity index (χ1v) is 6.29. The van der Waals surface area contributed by atoms with Crippen LogP contribution in [0, 0.1) is 0 Å². The van der Waals surface area contributed by atoms with E-state index in [1.54, 1.807) is 24.3 Å². The molecule has 1 heterocycles. The molecule has 0 unspecified atom stereocenters. The van der Waals surface area contributed by atoms with Gasteiger partial charge in [-0.3, -0.25) is 0 Å². The van der Waals surface area contributed by atoms with Crippen molar-refractivity contribution >= 4 is 29.2 Å². The van der Waals surface area contributed by atoms with Gasteiger partial charge in [0, 0.05) is 18.1 Å². The van der Waals surface area contributed by atoms with Crippen LogP contribution in [0.5, 0.6) is 0 Å². The molecule has 19 heavy (non-hydrogen) atoms. The number of morpholine rings is 1. The number of rotatable bonds is 1. The molecule has 0 spiro atoms. The van der Waals surface area contributed by atoms with Crippen molar-refractivity contribution in [1.82, 2.24) is 4.90 Å². The van der Waals surface area contributed by atoms with E-state index in [4.69, 9.17) is 27.8 Å². The van der Waals surface area contributed by atoms with Crippen molar-refractivity contribution in [2.24, 2.45) is 21.5 Å². The molecule has 1 aromatic rings. The molecule has 1 saturated heterocycles. The van der Waals surface area contributed by atoms with Crippen LogP contribution in [0.4, 0.5) is 5.69 Å². The molecule has 0 aromatic heterocycles. The van der Waals surface area contributed by atoms with Crippen molar-refractivity contribution < 1.29 is 4.74 Å². The molecule has 0 atom stereocenters. The van der Waals surface area contributed by atoms with Crippen LogP contribution < -0.4 is 11.5 Å². The van der Waals surface area contributed by atoms with Gasteiger partial charge >= 0.3 is 0 Å². The van der Waals surface area contributed by atoms with E-state index in [1.807, 2.05) is 4.90 Å². The molecule has 0 radical (unpaired) electrons. The number of hydrogen-bond acceptors (Lipinski definition) is 2. The summed E-state index contributed by atoms with van der Waals surface area (Å²) in [5.74, 6) is 0.477. The smallest absolute Gasteiger partial charge is 0.223 e. The highest BCUT2D eigenvalue weighted by molar-refractivity contribution is 6.30. The first-order valence-electron chi connectivity index (χ1n) is 5.92. The Kier molecular flexibility index (Phi) is 4.59. The SMILES string of the molecule is NC(=Nc1ccc(Cl)cc1)/N=C(\N)N1CCOCC1. The molecule has 4 N–H and O–H groups in total. The van der Waals surface area contributed by atoms with Gasteiger partial charge in [0.1, 0.15) is 0 Å². The van der Waals surface area contributed by atoms with Crippen LogP contribution in [0.15, 0.2) is 34.3 Å². The molecule has 7 heteroatoms. The van der Waals surface area contributed by atoms with Gasteiger partial charge in [-0.05, 0) is 24.3 Å². The van der Waals surface area contributed by atoms with Crippen molar-refractivity contribution in [3.8, 4) is 0 Å². The Morgan fingerprint density at radius 3 is 2.42 bits per heavy atom. The number of nitrogens with zero attached hydrogens (tertiary/aromatic N) is 3. The van der Waals surface area contributed by atoms with Crippen molar-refractivity contribution in [3.63, 3.8) is 0 Å². The van der Waals surface area contributed by atoms with E-state index in [-0.39, 0.29) is 5.96 Å². The number of aliphatic imine (C=N–C) groups is 2. The second-order valence-corrected chi connectivity index (χ2v) is 4.45. The fraction of sp³-hybridized carbons (Fsp3) is 0.333. The maximum absolute atomic E-state index is 5.87. The van der Waals surface area contributed by atoms with E-state index in [0.29, 0.717) is 43.0 Å². The van der Waals surface area contributed by atoms with Crippen molar-refractivity contribution in [1.29, 1.82) is 0 Å². The predicted octanol–water partition coefficient (Wildman–Crippen LogP) is 0.933. The maximum Gasteiger partial charge on any atom is 0.223 e. The highest BCUT2D eigenvalue weighted by atomic mass is 35.5. The van der Waals surface area contributed by atoms with Crippen LogP contribution in [0.1, 0.15) is 0 Å². The van der Waals surface area contributed by atoms with Gasteiger partial charge in [0.05, 0.1) is 18.9 Å². The molecule has 102 valence electrons.